The molecule has 27 heavy (non-hydrogen) atoms. The smallest absolute Gasteiger partial charge is 0.437 e. The van der Waals surface area contributed by atoms with Gasteiger partial charge in [-0.1, -0.05) is 11.6 Å². The van der Waals surface area contributed by atoms with Crippen molar-refractivity contribution in [3.8, 4) is 0 Å². The van der Waals surface area contributed by atoms with E-state index in [4.69, 9.17) is 21.1 Å². The first-order valence-electron chi connectivity index (χ1n) is 7.28. The topological polar surface area (TPSA) is 139 Å². The number of ether oxygens (including phenoxy) is 4. The first-order chi connectivity index (χ1) is 12.8. The molecule has 1 heterocycles. The molecule has 12 heteroatoms. The van der Waals surface area contributed by atoms with E-state index in [1.165, 1.54) is 19.1 Å². The number of carbonyl (C=O) groups is 2. The first-order valence-corrected chi connectivity index (χ1v) is 7.66. The van der Waals surface area contributed by atoms with Crippen LogP contribution in [0.15, 0.2) is 34.8 Å². The molecule has 0 bridgehead atoms. The SMILES string of the molecule is COC(=O)OC1=NNC(C)=C(OC(=O)OC)C1c1cc([N+](=O)[O-])ccc1Cl. The van der Waals surface area contributed by atoms with Crippen molar-refractivity contribution in [2.75, 3.05) is 14.2 Å². The number of benzene rings is 1. The molecule has 0 saturated carbocycles. The minimum Gasteiger partial charge on any atom is -0.437 e. The fourth-order valence-electron chi connectivity index (χ4n) is 2.20. The number of nitrogens with one attached hydrogen (secondary N) is 1. The van der Waals surface area contributed by atoms with E-state index in [9.17, 15) is 19.7 Å². The second-order valence-corrected chi connectivity index (χ2v) is 5.47. The second-order valence-electron chi connectivity index (χ2n) is 5.06. The van der Waals surface area contributed by atoms with Gasteiger partial charge in [0, 0.05) is 17.2 Å². The van der Waals surface area contributed by atoms with Gasteiger partial charge in [-0.3, -0.25) is 15.5 Å². The van der Waals surface area contributed by atoms with Crippen molar-refractivity contribution in [1.82, 2.24) is 5.43 Å². The van der Waals surface area contributed by atoms with E-state index in [1.807, 2.05) is 0 Å². The number of methoxy groups -OCH3 is 2. The van der Waals surface area contributed by atoms with Crippen LogP contribution in [-0.4, -0.2) is 37.4 Å². The summed E-state index contributed by atoms with van der Waals surface area (Å²) in [4.78, 5) is 33.7. The van der Waals surface area contributed by atoms with Crippen molar-refractivity contribution in [3.63, 3.8) is 0 Å². The summed E-state index contributed by atoms with van der Waals surface area (Å²) in [7, 11) is 2.19. The zero-order valence-corrected chi connectivity index (χ0v) is 15.1. The number of nitro groups is 1. The van der Waals surface area contributed by atoms with Crippen LogP contribution in [0.2, 0.25) is 5.02 Å². The van der Waals surface area contributed by atoms with Crippen molar-refractivity contribution in [2.24, 2.45) is 5.10 Å². The van der Waals surface area contributed by atoms with Crippen molar-refractivity contribution in [2.45, 2.75) is 12.8 Å². The summed E-state index contributed by atoms with van der Waals surface area (Å²) in [5, 5.41) is 15.1. The van der Waals surface area contributed by atoms with Crippen LogP contribution in [0.25, 0.3) is 0 Å². The predicted molar refractivity (Wildman–Crippen MR) is 91.1 cm³/mol. The highest BCUT2D eigenvalue weighted by molar-refractivity contribution is 6.31. The second kappa shape index (κ2) is 8.36. The van der Waals surface area contributed by atoms with Gasteiger partial charge in [0.15, 0.2) is 0 Å². The normalized spacial score (nSPS) is 16.0. The van der Waals surface area contributed by atoms with Crippen molar-refractivity contribution in [1.29, 1.82) is 0 Å². The van der Waals surface area contributed by atoms with Gasteiger partial charge in [0.2, 0.25) is 5.90 Å². The number of allylic oxidation sites excluding steroid dienone is 1. The van der Waals surface area contributed by atoms with Crippen molar-refractivity contribution < 1.29 is 33.5 Å². The highest BCUT2D eigenvalue weighted by Gasteiger charge is 2.37. The molecule has 0 aliphatic carbocycles. The van der Waals surface area contributed by atoms with E-state index in [0.29, 0.717) is 0 Å². The van der Waals surface area contributed by atoms with Gasteiger partial charge in [-0.25, -0.2) is 9.59 Å². The fraction of sp³-hybridized carbons (Fsp3) is 0.267. The van der Waals surface area contributed by atoms with Gasteiger partial charge in [-0.2, -0.15) is 0 Å². The molecule has 1 unspecified atom stereocenters. The lowest BCUT2D eigenvalue weighted by molar-refractivity contribution is -0.384. The molecule has 0 spiro atoms. The third-order valence-corrected chi connectivity index (χ3v) is 3.77. The van der Waals surface area contributed by atoms with Crippen LogP contribution in [0.3, 0.4) is 0 Å². The quantitative estimate of drug-likeness (QED) is 0.461. The molecule has 0 fully saturated rings. The highest BCUT2D eigenvalue weighted by atomic mass is 35.5. The van der Waals surface area contributed by atoms with Gasteiger partial charge in [0.25, 0.3) is 5.69 Å². The lowest BCUT2D eigenvalue weighted by atomic mass is 9.94. The predicted octanol–water partition coefficient (Wildman–Crippen LogP) is 3.05. The number of hydrogen-bond donors (Lipinski definition) is 1. The van der Waals surface area contributed by atoms with Gasteiger partial charge in [0.05, 0.1) is 24.8 Å². The Hall–Kier alpha value is -3.34. The van der Waals surface area contributed by atoms with Crippen molar-refractivity contribution >= 4 is 35.5 Å². The van der Waals surface area contributed by atoms with E-state index in [0.717, 1.165) is 20.3 Å². The number of halogens is 1. The van der Waals surface area contributed by atoms with E-state index < -0.39 is 23.2 Å². The van der Waals surface area contributed by atoms with Crippen LogP contribution in [0, 0.1) is 10.1 Å². The lowest BCUT2D eigenvalue weighted by Gasteiger charge is -2.26. The van der Waals surface area contributed by atoms with Crippen LogP contribution in [0.4, 0.5) is 15.3 Å². The summed E-state index contributed by atoms with van der Waals surface area (Å²) < 4.78 is 19.0. The van der Waals surface area contributed by atoms with Crippen LogP contribution in [0.5, 0.6) is 0 Å². The van der Waals surface area contributed by atoms with Crippen LogP contribution in [-0.2, 0) is 18.9 Å². The van der Waals surface area contributed by atoms with Gasteiger partial charge in [-0.15, -0.1) is 5.10 Å². The maximum atomic E-state index is 11.6. The average Bonchev–Trinajstić information content (AvgIpc) is 2.64. The van der Waals surface area contributed by atoms with Crippen LogP contribution < -0.4 is 5.43 Å². The number of hydrazone groups is 1. The van der Waals surface area contributed by atoms with Crippen LogP contribution in [0.1, 0.15) is 18.4 Å². The Kier molecular flexibility index (Phi) is 6.19. The maximum absolute atomic E-state index is 11.6. The van der Waals surface area contributed by atoms with Crippen molar-refractivity contribution in [3.05, 3.63) is 50.4 Å². The Labute approximate surface area is 157 Å². The number of nitrogens with zero attached hydrogens (tertiary/aromatic N) is 2. The molecule has 1 N–H and O–H groups in total. The largest absolute Gasteiger partial charge is 0.514 e. The Bertz CT molecular complexity index is 851. The fourth-order valence-corrected chi connectivity index (χ4v) is 2.43. The number of rotatable bonds is 3. The standard InChI is InChI=1S/C15H14ClN3O8/c1-7-12(26-14(20)24-2)11(13(18-17-7)27-15(21)25-3)9-6-8(19(22)23)4-5-10(9)16/h4-6,11,17H,1-3H3. The van der Waals surface area contributed by atoms with Gasteiger partial charge in [-0.05, 0) is 18.6 Å². The summed E-state index contributed by atoms with van der Waals surface area (Å²) in [5.41, 5.74) is 2.63. The van der Waals surface area contributed by atoms with Crippen LogP contribution >= 0.6 is 11.6 Å². The number of nitro benzene ring substituents is 1. The number of hydrogen-bond acceptors (Lipinski definition) is 10. The van der Waals surface area contributed by atoms with Gasteiger partial charge < -0.3 is 18.9 Å². The molecule has 0 radical (unpaired) electrons. The number of carbonyl (C=O) groups excluding carboxylic acids is 2. The molecule has 0 amide bonds. The average molecular weight is 400 g/mol. The molecular weight excluding hydrogens is 386 g/mol. The third kappa shape index (κ3) is 4.44. The summed E-state index contributed by atoms with van der Waals surface area (Å²) >= 11 is 6.19. The monoisotopic (exact) mass is 399 g/mol. The first kappa shape index (κ1) is 20.0. The summed E-state index contributed by atoms with van der Waals surface area (Å²) in [6, 6.07) is 3.64. The lowest BCUT2D eigenvalue weighted by Crippen LogP contribution is -2.32. The van der Waals surface area contributed by atoms with E-state index >= 15 is 0 Å². The molecule has 1 aliphatic rings. The molecule has 1 aromatic carbocycles. The molecule has 11 nitrogen and oxygen atoms in total. The minimum atomic E-state index is -1.16. The van der Waals surface area contributed by atoms with E-state index in [-0.39, 0.29) is 33.6 Å². The Balaban J connectivity index is 2.60. The maximum Gasteiger partial charge on any atom is 0.514 e. The zero-order chi connectivity index (χ0) is 20.1. The molecule has 0 aromatic heterocycles. The Morgan fingerprint density at radius 1 is 1.22 bits per heavy atom. The molecule has 1 aliphatic heterocycles. The molecule has 144 valence electrons. The molecular formula is C15H14ClN3O8. The third-order valence-electron chi connectivity index (χ3n) is 3.43. The summed E-state index contributed by atoms with van der Waals surface area (Å²) in [5.74, 6) is -1.52. The minimum absolute atomic E-state index is 0.0712. The highest BCUT2D eigenvalue weighted by Crippen LogP contribution is 2.37. The molecule has 1 aromatic rings. The van der Waals surface area contributed by atoms with Gasteiger partial charge >= 0.3 is 12.3 Å². The summed E-state index contributed by atoms with van der Waals surface area (Å²) in [6.07, 6.45) is -2.16. The Morgan fingerprint density at radius 3 is 2.44 bits per heavy atom. The molecule has 1 atom stereocenters. The summed E-state index contributed by atoms with van der Waals surface area (Å²) in [6.45, 7) is 1.52. The Morgan fingerprint density at radius 2 is 1.85 bits per heavy atom. The molecule has 2 rings (SSSR count). The van der Waals surface area contributed by atoms with Gasteiger partial charge in [0.1, 0.15) is 11.7 Å². The van der Waals surface area contributed by atoms with E-state index in [1.54, 1.807) is 0 Å². The van der Waals surface area contributed by atoms with E-state index in [2.05, 4.69) is 20.0 Å². The molecule has 0 saturated heterocycles. The number of non-ortho nitro benzene ring substituents is 1. The zero-order valence-electron chi connectivity index (χ0n) is 14.3.